The van der Waals surface area contributed by atoms with Crippen LogP contribution in [0.2, 0.25) is 0 Å². The lowest BCUT2D eigenvalue weighted by Crippen LogP contribution is -2.27. The molecule has 0 spiro atoms. The van der Waals surface area contributed by atoms with Gasteiger partial charge in [-0.3, -0.25) is 4.79 Å². The number of anilines is 1. The van der Waals surface area contributed by atoms with Gasteiger partial charge in [0.1, 0.15) is 6.73 Å². The van der Waals surface area contributed by atoms with E-state index in [4.69, 9.17) is 5.73 Å². The second kappa shape index (κ2) is 4.52. The number of hydrogen-bond acceptors (Lipinski definition) is 5. The largest absolute Gasteiger partial charge is 0.382 e. The highest BCUT2D eigenvalue weighted by Crippen LogP contribution is 2.04. The maximum Gasteiger partial charge on any atom is 0.275 e. The van der Waals surface area contributed by atoms with Crippen LogP contribution in [0.15, 0.2) is 6.20 Å². The van der Waals surface area contributed by atoms with E-state index in [1.54, 1.807) is 6.92 Å². The number of hydrogen-bond donors (Lipinski definition) is 2. The molecular formula is C8H12N4O2. The zero-order valence-corrected chi connectivity index (χ0v) is 8.07. The van der Waals surface area contributed by atoms with Crippen molar-refractivity contribution in [2.75, 3.05) is 19.6 Å². The Morgan fingerprint density at radius 3 is 3.00 bits per heavy atom. The standard InChI is InChI=1S/C8H12N4O2/c1-5-3-10-6(7(9)12-5)8(13)11-4-14-2/h3H,4H2,1-2H3,(H2,9,12)(H,11,13). The number of carbonyl (C=O) groups is 1. The molecule has 0 saturated heterocycles. The van der Waals surface area contributed by atoms with Crippen LogP contribution in [0.5, 0.6) is 0 Å². The predicted molar refractivity (Wildman–Crippen MR) is 50.5 cm³/mol. The third-order valence-corrected chi connectivity index (χ3v) is 1.51. The Bertz CT molecular complexity index is 340. The maximum atomic E-state index is 11.4. The molecule has 6 nitrogen and oxygen atoms in total. The van der Waals surface area contributed by atoms with Crippen LogP contribution in [-0.4, -0.2) is 29.7 Å². The van der Waals surface area contributed by atoms with E-state index in [0.29, 0.717) is 5.69 Å². The molecule has 1 aromatic rings. The lowest BCUT2D eigenvalue weighted by atomic mass is 10.3. The number of nitrogen functional groups attached to an aromatic ring is 1. The van der Waals surface area contributed by atoms with E-state index >= 15 is 0 Å². The van der Waals surface area contributed by atoms with Gasteiger partial charge in [0.2, 0.25) is 0 Å². The van der Waals surface area contributed by atoms with Crippen molar-refractivity contribution in [3.05, 3.63) is 17.6 Å². The van der Waals surface area contributed by atoms with Gasteiger partial charge in [0.15, 0.2) is 11.5 Å². The molecule has 1 rings (SSSR count). The van der Waals surface area contributed by atoms with E-state index in [1.807, 2.05) is 0 Å². The van der Waals surface area contributed by atoms with E-state index in [9.17, 15) is 4.79 Å². The molecule has 0 bridgehead atoms. The van der Waals surface area contributed by atoms with Crippen LogP contribution in [0.4, 0.5) is 5.82 Å². The summed E-state index contributed by atoms with van der Waals surface area (Å²) in [7, 11) is 1.48. The fraction of sp³-hybridized carbons (Fsp3) is 0.375. The molecule has 3 N–H and O–H groups in total. The Kier molecular flexibility index (Phi) is 3.35. The molecular weight excluding hydrogens is 184 g/mol. The first kappa shape index (κ1) is 10.4. The summed E-state index contributed by atoms with van der Waals surface area (Å²) in [5.41, 5.74) is 6.31. The quantitative estimate of drug-likeness (QED) is 0.648. The van der Waals surface area contributed by atoms with Gasteiger partial charge in [-0.25, -0.2) is 9.97 Å². The topological polar surface area (TPSA) is 90.1 Å². The summed E-state index contributed by atoms with van der Waals surface area (Å²) in [5.74, 6) is -0.268. The molecule has 76 valence electrons. The molecule has 1 aromatic heterocycles. The van der Waals surface area contributed by atoms with E-state index in [-0.39, 0.29) is 18.2 Å². The fourth-order valence-corrected chi connectivity index (χ4v) is 0.892. The minimum Gasteiger partial charge on any atom is -0.382 e. The summed E-state index contributed by atoms with van der Waals surface area (Å²) in [5, 5.41) is 2.47. The van der Waals surface area contributed by atoms with E-state index in [1.165, 1.54) is 13.3 Å². The second-order valence-electron chi connectivity index (χ2n) is 2.68. The van der Waals surface area contributed by atoms with Crippen molar-refractivity contribution >= 4 is 11.7 Å². The van der Waals surface area contributed by atoms with Gasteiger partial charge in [0, 0.05) is 13.3 Å². The predicted octanol–water partition coefficient (Wildman–Crippen LogP) is -0.299. The number of carbonyl (C=O) groups excluding carboxylic acids is 1. The van der Waals surface area contributed by atoms with Gasteiger partial charge in [-0.05, 0) is 6.92 Å². The van der Waals surface area contributed by atoms with Gasteiger partial charge in [-0.2, -0.15) is 0 Å². The Balaban J connectivity index is 2.80. The van der Waals surface area contributed by atoms with E-state index in [0.717, 1.165) is 0 Å². The number of nitrogens with one attached hydrogen (secondary N) is 1. The van der Waals surface area contributed by atoms with E-state index < -0.39 is 5.91 Å². The second-order valence-corrected chi connectivity index (χ2v) is 2.68. The Labute approximate surface area is 81.5 Å². The van der Waals surface area contributed by atoms with Gasteiger partial charge in [0.05, 0.1) is 5.69 Å². The molecule has 0 atom stereocenters. The Morgan fingerprint density at radius 1 is 1.71 bits per heavy atom. The zero-order chi connectivity index (χ0) is 10.6. The highest BCUT2D eigenvalue weighted by molar-refractivity contribution is 5.96. The maximum absolute atomic E-state index is 11.4. The molecule has 1 heterocycles. The Morgan fingerprint density at radius 2 is 2.43 bits per heavy atom. The highest BCUT2D eigenvalue weighted by Gasteiger charge is 2.11. The molecule has 0 saturated carbocycles. The monoisotopic (exact) mass is 196 g/mol. The number of methoxy groups -OCH3 is 1. The number of aromatic nitrogens is 2. The molecule has 0 fully saturated rings. The molecule has 0 aliphatic rings. The summed E-state index contributed by atoms with van der Waals surface area (Å²) in [6, 6.07) is 0. The van der Waals surface area contributed by atoms with Gasteiger partial charge < -0.3 is 15.8 Å². The van der Waals surface area contributed by atoms with Crippen LogP contribution >= 0.6 is 0 Å². The normalized spacial score (nSPS) is 9.86. The van der Waals surface area contributed by atoms with Gasteiger partial charge in [-0.15, -0.1) is 0 Å². The Hall–Kier alpha value is -1.69. The highest BCUT2D eigenvalue weighted by atomic mass is 16.5. The SMILES string of the molecule is COCNC(=O)c1ncc(C)nc1N. The first-order chi connectivity index (χ1) is 6.65. The third kappa shape index (κ3) is 2.40. The van der Waals surface area contributed by atoms with Crippen molar-refractivity contribution in [2.45, 2.75) is 6.92 Å². The first-order valence-electron chi connectivity index (χ1n) is 4.01. The number of ether oxygens (including phenoxy) is 1. The van der Waals surface area contributed by atoms with Crippen molar-refractivity contribution in [3.8, 4) is 0 Å². The third-order valence-electron chi connectivity index (χ3n) is 1.51. The van der Waals surface area contributed by atoms with Crippen LogP contribution < -0.4 is 11.1 Å². The van der Waals surface area contributed by atoms with Crippen molar-refractivity contribution in [2.24, 2.45) is 0 Å². The van der Waals surface area contributed by atoms with Crippen molar-refractivity contribution < 1.29 is 9.53 Å². The van der Waals surface area contributed by atoms with Crippen LogP contribution in [0.25, 0.3) is 0 Å². The lowest BCUT2D eigenvalue weighted by molar-refractivity contribution is 0.0868. The van der Waals surface area contributed by atoms with Gasteiger partial charge in [0.25, 0.3) is 5.91 Å². The molecule has 14 heavy (non-hydrogen) atoms. The van der Waals surface area contributed by atoms with E-state index in [2.05, 4.69) is 20.0 Å². The summed E-state index contributed by atoms with van der Waals surface area (Å²) < 4.78 is 4.68. The number of aryl methyl sites for hydroxylation is 1. The van der Waals surface area contributed by atoms with Crippen molar-refractivity contribution in [1.29, 1.82) is 0 Å². The van der Waals surface area contributed by atoms with Crippen molar-refractivity contribution in [3.63, 3.8) is 0 Å². The summed E-state index contributed by atoms with van der Waals surface area (Å²) in [4.78, 5) is 19.2. The molecule has 0 aliphatic heterocycles. The minimum absolute atomic E-state index is 0.118. The smallest absolute Gasteiger partial charge is 0.275 e. The van der Waals surface area contributed by atoms with Crippen LogP contribution in [0.3, 0.4) is 0 Å². The van der Waals surface area contributed by atoms with Crippen LogP contribution in [-0.2, 0) is 4.74 Å². The molecule has 0 aromatic carbocycles. The molecule has 6 heteroatoms. The minimum atomic E-state index is -0.392. The summed E-state index contributed by atoms with van der Waals surface area (Å²) >= 11 is 0. The first-order valence-corrected chi connectivity index (χ1v) is 4.01. The molecule has 0 radical (unpaired) electrons. The summed E-state index contributed by atoms with van der Waals surface area (Å²) in [6.45, 7) is 1.87. The van der Waals surface area contributed by atoms with Gasteiger partial charge >= 0.3 is 0 Å². The summed E-state index contributed by atoms with van der Waals surface area (Å²) in [6.07, 6.45) is 1.48. The average molecular weight is 196 g/mol. The zero-order valence-electron chi connectivity index (χ0n) is 8.07. The number of amides is 1. The molecule has 1 amide bonds. The molecule has 0 unspecified atom stereocenters. The number of nitrogens with zero attached hydrogens (tertiary/aromatic N) is 2. The number of nitrogens with two attached hydrogens (primary N) is 1. The average Bonchev–Trinajstić information content (AvgIpc) is 2.14. The molecule has 0 aliphatic carbocycles. The van der Waals surface area contributed by atoms with Crippen LogP contribution in [0.1, 0.15) is 16.2 Å². The fourth-order valence-electron chi connectivity index (χ4n) is 0.892. The van der Waals surface area contributed by atoms with Crippen molar-refractivity contribution in [1.82, 2.24) is 15.3 Å². The van der Waals surface area contributed by atoms with Crippen LogP contribution in [0, 0.1) is 6.92 Å². The van der Waals surface area contributed by atoms with Gasteiger partial charge in [-0.1, -0.05) is 0 Å². The lowest BCUT2D eigenvalue weighted by Gasteiger charge is -2.05. The number of rotatable bonds is 3.